The van der Waals surface area contributed by atoms with Crippen molar-refractivity contribution in [2.45, 2.75) is 38.3 Å². The van der Waals surface area contributed by atoms with Crippen LogP contribution in [0.4, 0.5) is 4.79 Å². The Hall–Kier alpha value is -2.44. The number of hydrogen-bond acceptors (Lipinski definition) is 4. The lowest BCUT2D eigenvalue weighted by molar-refractivity contribution is -0.121. The fraction of sp³-hybridized carbons (Fsp3) is 0.556. The second kappa shape index (κ2) is 8.09. The van der Waals surface area contributed by atoms with Crippen LogP contribution in [0.15, 0.2) is 24.3 Å². The van der Waals surface area contributed by atoms with Crippen LogP contribution in [0.1, 0.15) is 26.7 Å². The molecular formula is C18H27N3O4. The fourth-order valence-electron chi connectivity index (χ4n) is 2.56. The van der Waals surface area contributed by atoms with E-state index in [9.17, 15) is 9.59 Å². The fourth-order valence-corrected chi connectivity index (χ4v) is 2.56. The van der Waals surface area contributed by atoms with Gasteiger partial charge in [-0.25, -0.2) is 4.79 Å². The number of benzene rings is 1. The van der Waals surface area contributed by atoms with Crippen LogP contribution >= 0.6 is 0 Å². The number of nitrogens with one attached hydrogen (secondary N) is 2. The molecule has 1 fully saturated rings. The van der Waals surface area contributed by atoms with Crippen molar-refractivity contribution in [1.29, 1.82) is 0 Å². The van der Waals surface area contributed by atoms with E-state index in [0.29, 0.717) is 37.4 Å². The lowest BCUT2D eigenvalue weighted by atomic mass is 9.98. The average molecular weight is 349 g/mol. The number of nitrogens with zero attached hydrogens (tertiary/aromatic N) is 1. The Morgan fingerprint density at radius 1 is 1.24 bits per heavy atom. The number of methoxy groups -OCH3 is 1. The van der Waals surface area contributed by atoms with Crippen molar-refractivity contribution in [2.75, 3.05) is 27.2 Å². The molecule has 2 rings (SSSR count). The van der Waals surface area contributed by atoms with Gasteiger partial charge in [-0.15, -0.1) is 0 Å². The number of ether oxygens (including phenoxy) is 2. The first-order valence-corrected chi connectivity index (χ1v) is 8.42. The van der Waals surface area contributed by atoms with Gasteiger partial charge in [0, 0.05) is 19.0 Å². The number of rotatable bonds is 7. The first-order chi connectivity index (χ1) is 11.8. The molecule has 0 saturated carbocycles. The minimum absolute atomic E-state index is 0.0310. The minimum atomic E-state index is -0.446. The maximum Gasteiger partial charge on any atom is 0.318 e. The number of para-hydroxylation sites is 2. The molecule has 1 aromatic carbocycles. The Bertz CT molecular complexity index is 612. The average Bonchev–Trinajstić information content (AvgIpc) is 2.55. The molecule has 1 heterocycles. The summed E-state index contributed by atoms with van der Waals surface area (Å²) in [5.74, 6) is 1.33. The molecule has 1 aliphatic heterocycles. The Labute approximate surface area is 148 Å². The first-order valence-electron chi connectivity index (χ1n) is 8.42. The zero-order valence-electron chi connectivity index (χ0n) is 15.3. The summed E-state index contributed by atoms with van der Waals surface area (Å²) in [6, 6.07) is 7.32. The van der Waals surface area contributed by atoms with Gasteiger partial charge in [-0.2, -0.15) is 0 Å². The van der Waals surface area contributed by atoms with Crippen molar-refractivity contribution >= 4 is 11.9 Å². The minimum Gasteiger partial charge on any atom is -0.493 e. The van der Waals surface area contributed by atoms with Crippen LogP contribution in [0.25, 0.3) is 0 Å². The molecule has 7 heteroatoms. The Balaban J connectivity index is 1.77. The Morgan fingerprint density at radius 2 is 1.88 bits per heavy atom. The maximum atomic E-state index is 12.3. The zero-order valence-corrected chi connectivity index (χ0v) is 15.3. The highest BCUT2D eigenvalue weighted by Gasteiger charge is 2.35. The largest absolute Gasteiger partial charge is 0.493 e. The second-order valence-corrected chi connectivity index (χ2v) is 6.78. The van der Waals surface area contributed by atoms with Crippen molar-refractivity contribution in [1.82, 2.24) is 15.5 Å². The van der Waals surface area contributed by atoms with Gasteiger partial charge in [-0.05, 0) is 32.4 Å². The Morgan fingerprint density at radius 3 is 2.48 bits per heavy atom. The van der Waals surface area contributed by atoms with Crippen LogP contribution in [-0.4, -0.2) is 55.7 Å². The van der Waals surface area contributed by atoms with E-state index in [1.807, 2.05) is 38.1 Å². The molecule has 0 aliphatic carbocycles. The van der Waals surface area contributed by atoms with Crippen LogP contribution in [0, 0.1) is 0 Å². The van der Waals surface area contributed by atoms with Crippen LogP contribution < -0.4 is 20.1 Å². The SMILES string of the molecule is CNC(=O)CCC(C)(C)NC(=O)N1CC(Oc2ccccc2OC)C1. The lowest BCUT2D eigenvalue weighted by Crippen LogP contribution is -2.61. The molecule has 138 valence electrons. The van der Waals surface area contributed by atoms with E-state index in [1.165, 1.54) is 0 Å². The van der Waals surface area contributed by atoms with Crippen molar-refractivity contribution in [2.24, 2.45) is 0 Å². The molecule has 0 radical (unpaired) electrons. The van der Waals surface area contributed by atoms with Crippen molar-refractivity contribution in [3.05, 3.63) is 24.3 Å². The van der Waals surface area contributed by atoms with Crippen molar-refractivity contribution < 1.29 is 19.1 Å². The van der Waals surface area contributed by atoms with E-state index in [2.05, 4.69) is 10.6 Å². The van der Waals surface area contributed by atoms with E-state index >= 15 is 0 Å². The third kappa shape index (κ3) is 5.27. The van der Waals surface area contributed by atoms with Crippen molar-refractivity contribution in [3.8, 4) is 11.5 Å². The second-order valence-electron chi connectivity index (χ2n) is 6.78. The molecule has 2 N–H and O–H groups in total. The number of amides is 3. The molecule has 0 aromatic heterocycles. The molecule has 0 spiro atoms. The smallest absolute Gasteiger partial charge is 0.318 e. The first kappa shape index (κ1) is 18.9. The topological polar surface area (TPSA) is 79.9 Å². The summed E-state index contributed by atoms with van der Waals surface area (Å²) in [4.78, 5) is 25.4. The van der Waals surface area contributed by atoms with Crippen LogP contribution in [0.3, 0.4) is 0 Å². The van der Waals surface area contributed by atoms with Crippen LogP contribution in [0.5, 0.6) is 11.5 Å². The van der Waals surface area contributed by atoms with Gasteiger partial charge in [0.25, 0.3) is 0 Å². The molecule has 25 heavy (non-hydrogen) atoms. The summed E-state index contributed by atoms with van der Waals surface area (Å²) < 4.78 is 11.1. The molecule has 1 aromatic rings. The molecule has 0 unspecified atom stereocenters. The van der Waals surface area contributed by atoms with E-state index < -0.39 is 5.54 Å². The van der Waals surface area contributed by atoms with Gasteiger partial charge in [0.1, 0.15) is 6.10 Å². The standard InChI is InChI=1S/C18H27N3O4/c1-18(2,10-9-16(22)19-3)20-17(23)21-11-13(12-21)25-15-8-6-5-7-14(15)24-4/h5-8,13H,9-12H2,1-4H3,(H,19,22)(H,20,23). The molecule has 0 bridgehead atoms. The van der Waals surface area contributed by atoms with Crippen LogP contribution in [-0.2, 0) is 4.79 Å². The molecule has 1 aliphatic rings. The molecular weight excluding hydrogens is 322 g/mol. The van der Waals surface area contributed by atoms with Gasteiger partial charge in [0.05, 0.1) is 20.2 Å². The van der Waals surface area contributed by atoms with E-state index in [0.717, 1.165) is 0 Å². The van der Waals surface area contributed by atoms with Gasteiger partial charge in [0.15, 0.2) is 11.5 Å². The monoisotopic (exact) mass is 349 g/mol. The number of urea groups is 1. The predicted octanol–water partition coefficient (Wildman–Crippen LogP) is 1.77. The van der Waals surface area contributed by atoms with Crippen molar-refractivity contribution in [3.63, 3.8) is 0 Å². The number of likely N-dealkylation sites (tertiary alicyclic amines) is 1. The molecule has 0 atom stereocenters. The summed E-state index contributed by atoms with van der Waals surface area (Å²) in [6.07, 6.45) is 0.910. The predicted molar refractivity (Wildman–Crippen MR) is 94.9 cm³/mol. The van der Waals surface area contributed by atoms with Gasteiger partial charge >= 0.3 is 6.03 Å². The van der Waals surface area contributed by atoms with Gasteiger partial charge in [0.2, 0.25) is 5.91 Å². The van der Waals surface area contributed by atoms with E-state index in [4.69, 9.17) is 9.47 Å². The maximum absolute atomic E-state index is 12.3. The third-order valence-corrected chi connectivity index (χ3v) is 4.20. The highest BCUT2D eigenvalue weighted by atomic mass is 16.5. The molecule has 7 nitrogen and oxygen atoms in total. The zero-order chi connectivity index (χ0) is 18.4. The highest BCUT2D eigenvalue weighted by molar-refractivity contribution is 5.77. The van der Waals surface area contributed by atoms with Gasteiger partial charge < -0.3 is 25.0 Å². The van der Waals surface area contributed by atoms with E-state index in [1.54, 1.807) is 19.1 Å². The van der Waals surface area contributed by atoms with Crippen LogP contribution in [0.2, 0.25) is 0 Å². The third-order valence-electron chi connectivity index (χ3n) is 4.20. The summed E-state index contributed by atoms with van der Waals surface area (Å²) in [7, 11) is 3.21. The summed E-state index contributed by atoms with van der Waals surface area (Å²) in [5, 5.41) is 5.56. The number of carbonyl (C=O) groups excluding carboxylic acids is 2. The number of hydrogen-bond donors (Lipinski definition) is 2. The lowest BCUT2D eigenvalue weighted by Gasteiger charge is -2.41. The molecule has 3 amide bonds. The van der Waals surface area contributed by atoms with Gasteiger partial charge in [-0.1, -0.05) is 12.1 Å². The van der Waals surface area contributed by atoms with E-state index in [-0.39, 0.29) is 18.0 Å². The van der Waals surface area contributed by atoms with Gasteiger partial charge in [-0.3, -0.25) is 4.79 Å². The molecule has 1 saturated heterocycles. The summed E-state index contributed by atoms with van der Waals surface area (Å²) >= 11 is 0. The highest BCUT2D eigenvalue weighted by Crippen LogP contribution is 2.28. The Kier molecular flexibility index (Phi) is 6.12. The quantitative estimate of drug-likeness (QED) is 0.786. The summed E-state index contributed by atoms with van der Waals surface area (Å²) in [6.45, 7) is 4.87. The summed E-state index contributed by atoms with van der Waals surface area (Å²) in [5.41, 5.74) is -0.446. The number of carbonyl (C=O) groups is 2. The normalized spacial score (nSPS) is 14.5.